The zero-order valence-electron chi connectivity index (χ0n) is 11.5. The summed E-state index contributed by atoms with van der Waals surface area (Å²) in [7, 11) is 0. The molecule has 0 aromatic carbocycles. The van der Waals surface area contributed by atoms with Crippen molar-refractivity contribution in [2.75, 3.05) is 0 Å². The van der Waals surface area contributed by atoms with Gasteiger partial charge in [-0.2, -0.15) is 0 Å². The van der Waals surface area contributed by atoms with Crippen molar-refractivity contribution >= 4 is 0 Å². The van der Waals surface area contributed by atoms with E-state index in [-0.39, 0.29) is 30.4 Å². The number of rotatable bonds is 2. The van der Waals surface area contributed by atoms with E-state index in [1.54, 1.807) is 0 Å². The number of halogens is 2. The SMILES string of the molecule is CCC(C)=C1C=C(NC(C)(C)C)C(O)=[C]1[Zr+2].[Cl-].[Cl-]. The Morgan fingerprint density at radius 2 is 1.83 bits per heavy atom. The van der Waals surface area contributed by atoms with Crippen LogP contribution in [0.2, 0.25) is 0 Å². The van der Waals surface area contributed by atoms with Gasteiger partial charge in [-0.05, 0) is 0 Å². The standard InChI is InChI=1S/C13H20NO.2ClH.Zr/c1-6-9(2)10-7-11(12(15)8-10)14-13(3,4)5;;;/h7,14-15H,6H2,1-5H3;2*1H;/q;;;+2/p-2. The Morgan fingerprint density at radius 3 is 2.22 bits per heavy atom. The molecule has 0 aliphatic heterocycles. The molecule has 0 spiro atoms. The predicted octanol–water partition coefficient (Wildman–Crippen LogP) is -2.68. The monoisotopic (exact) mass is 366 g/mol. The second kappa shape index (κ2) is 7.77. The molecule has 0 aromatic heterocycles. The van der Waals surface area contributed by atoms with E-state index in [9.17, 15) is 5.11 Å². The van der Waals surface area contributed by atoms with Gasteiger partial charge in [0.05, 0.1) is 0 Å². The van der Waals surface area contributed by atoms with E-state index in [4.69, 9.17) is 0 Å². The molecule has 2 N–H and O–H groups in total. The average molecular weight is 368 g/mol. The number of hydrogen-bond acceptors (Lipinski definition) is 2. The van der Waals surface area contributed by atoms with Crippen LogP contribution in [0.15, 0.2) is 32.0 Å². The van der Waals surface area contributed by atoms with Gasteiger partial charge in [-0.25, -0.2) is 0 Å². The maximum absolute atomic E-state index is 10.1. The molecule has 1 aliphatic rings. The van der Waals surface area contributed by atoms with E-state index in [0.717, 1.165) is 15.4 Å². The van der Waals surface area contributed by atoms with Gasteiger partial charge < -0.3 is 24.8 Å². The fourth-order valence-corrected chi connectivity index (χ4v) is 2.61. The first-order valence-corrected chi connectivity index (χ1v) is 6.84. The Bertz CT molecular complexity index is 392. The van der Waals surface area contributed by atoms with Gasteiger partial charge in [0, 0.05) is 0 Å². The topological polar surface area (TPSA) is 32.3 Å². The van der Waals surface area contributed by atoms with Gasteiger partial charge in [-0.3, -0.25) is 0 Å². The van der Waals surface area contributed by atoms with E-state index in [2.05, 4.69) is 46.0 Å². The van der Waals surface area contributed by atoms with Crippen molar-refractivity contribution in [1.82, 2.24) is 5.32 Å². The van der Waals surface area contributed by atoms with Crippen LogP contribution in [-0.4, -0.2) is 10.6 Å². The zero-order chi connectivity index (χ0) is 12.5. The third kappa shape index (κ3) is 5.11. The number of nitrogens with one attached hydrogen (secondary N) is 1. The van der Waals surface area contributed by atoms with Gasteiger partial charge >= 0.3 is 114 Å². The molecule has 18 heavy (non-hydrogen) atoms. The summed E-state index contributed by atoms with van der Waals surface area (Å²) >= 11 is 1.26. The fraction of sp³-hybridized carbons (Fsp3) is 0.538. The molecule has 0 saturated heterocycles. The van der Waals surface area contributed by atoms with Gasteiger partial charge in [-0.1, -0.05) is 0 Å². The summed E-state index contributed by atoms with van der Waals surface area (Å²) in [5, 5.41) is 13.4. The van der Waals surface area contributed by atoms with Crippen LogP contribution in [0.25, 0.3) is 0 Å². The summed E-state index contributed by atoms with van der Waals surface area (Å²) in [6, 6.07) is 0. The van der Waals surface area contributed by atoms with Gasteiger partial charge in [0.25, 0.3) is 0 Å². The Balaban J connectivity index is 0. The first-order valence-electron chi connectivity index (χ1n) is 5.61. The van der Waals surface area contributed by atoms with Crippen molar-refractivity contribution in [2.45, 2.75) is 46.6 Å². The molecule has 0 aromatic rings. The van der Waals surface area contributed by atoms with Gasteiger partial charge in [0.1, 0.15) is 0 Å². The summed E-state index contributed by atoms with van der Waals surface area (Å²) < 4.78 is 1.07. The van der Waals surface area contributed by atoms with Gasteiger partial charge in [-0.15, -0.1) is 0 Å². The summed E-state index contributed by atoms with van der Waals surface area (Å²) in [6.45, 7) is 10.6. The van der Waals surface area contributed by atoms with E-state index >= 15 is 0 Å². The minimum Gasteiger partial charge on any atom is -1.00 e. The predicted molar refractivity (Wildman–Crippen MR) is 63.6 cm³/mol. The Labute approximate surface area is 138 Å². The first kappa shape index (κ1) is 20.6. The van der Waals surface area contributed by atoms with Crippen LogP contribution in [-0.2, 0) is 24.7 Å². The third-order valence-electron chi connectivity index (χ3n) is 2.55. The van der Waals surface area contributed by atoms with Crippen LogP contribution < -0.4 is 30.1 Å². The fourth-order valence-electron chi connectivity index (χ4n) is 1.57. The van der Waals surface area contributed by atoms with Gasteiger partial charge in [0.15, 0.2) is 0 Å². The molecular formula is C13H20Cl2NOZr. The summed E-state index contributed by atoms with van der Waals surface area (Å²) in [5.41, 5.74) is 3.39. The Morgan fingerprint density at radius 1 is 1.33 bits per heavy atom. The van der Waals surface area contributed by atoms with Crippen molar-refractivity contribution in [3.8, 4) is 0 Å². The van der Waals surface area contributed by atoms with Crippen LogP contribution in [0.5, 0.6) is 0 Å². The van der Waals surface area contributed by atoms with E-state index in [1.165, 1.54) is 35.9 Å². The Hall–Kier alpha value is 0.283. The normalized spacial score (nSPS) is 17.8. The first-order chi connectivity index (χ1) is 7.26. The van der Waals surface area contributed by atoms with Crippen LogP contribution >= 0.6 is 0 Å². The molecular weight excluding hydrogens is 348 g/mol. The minimum atomic E-state index is -0.0221. The van der Waals surface area contributed by atoms with Crippen LogP contribution in [0.3, 0.4) is 0 Å². The molecule has 1 aliphatic carbocycles. The third-order valence-corrected chi connectivity index (χ3v) is 3.79. The second-order valence-corrected chi connectivity index (χ2v) is 6.43. The summed E-state index contributed by atoms with van der Waals surface area (Å²) in [5.74, 6) is 0.427. The van der Waals surface area contributed by atoms with E-state index < -0.39 is 0 Å². The second-order valence-electron chi connectivity index (χ2n) is 5.20. The van der Waals surface area contributed by atoms with Crippen molar-refractivity contribution < 1.29 is 54.6 Å². The number of allylic oxidation sites excluding steroid dienone is 4. The van der Waals surface area contributed by atoms with Crippen molar-refractivity contribution in [3.63, 3.8) is 0 Å². The molecule has 5 heteroatoms. The summed E-state index contributed by atoms with van der Waals surface area (Å²) in [6.07, 6.45) is 3.10. The van der Waals surface area contributed by atoms with E-state index in [0.29, 0.717) is 5.76 Å². The molecule has 0 radical (unpaired) electrons. The molecule has 2 nitrogen and oxygen atoms in total. The van der Waals surface area contributed by atoms with Crippen molar-refractivity contribution in [2.24, 2.45) is 0 Å². The quantitative estimate of drug-likeness (QED) is 0.557. The molecule has 1 rings (SSSR count). The van der Waals surface area contributed by atoms with Crippen molar-refractivity contribution in [3.05, 3.63) is 32.0 Å². The maximum Gasteiger partial charge on any atom is -1.00 e. The molecule has 0 amide bonds. The number of aliphatic hydroxyl groups excluding tert-OH is 1. The smallest absolute Gasteiger partial charge is 1.00 e. The zero-order valence-corrected chi connectivity index (χ0v) is 15.5. The molecule has 0 unspecified atom stereocenters. The van der Waals surface area contributed by atoms with Crippen LogP contribution in [0.4, 0.5) is 0 Å². The molecule has 0 heterocycles. The molecule has 0 saturated carbocycles. The van der Waals surface area contributed by atoms with Crippen molar-refractivity contribution in [1.29, 1.82) is 0 Å². The molecule has 0 atom stereocenters. The van der Waals surface area contributed by atoms with Crippen LogP contribution in [0, 0.1) is 0 Å². The maximum atomic E-state index is 10.1. The Kier molecular flexibility index (Phi) is 8.89. The molecule has 0 bridgehead atoms. The largest absolute Gasteiger partial charge is 1.00 e. The number of aliphatic hydroxyl groups is 1. The number of hydrogen-bond donors (Lipinski definition) is 2. The summed E-state index contributed by atoms with van der Waals surface area (Å²) in [4.78, 5) is 0. The van der Waals surface area contributed by atoms with E-state index in [1.807, 2.05) is 0 Å². The van der Waals surface area contributed by atoms with Crippen LogP contribution in [0.1, 0.15) is 41.0 Å². The minimum absolute atomic E-state index is 0. The van der Waals surface area contributed by atoms with Gasteiger partial charge in [0.2, 0.25) is 0 Å². The average Bonchev–Trinajstić information content (AvgIpc) is 2.43. The molecule has 101 valence electrons. The molecule has 0 fully saturated rings.